The summed E-state index contributed by atoms with van der Waals surface area (Å²) in [4.78, 5) is 41.6. The van der Waals surface area contributed by atoms with Gasteiger partial charge in [0.25, 0.3) is 11.8 Å². The van der Waals surface area contributed by atoms with Crippen LogP contribution in [0.25, 0.3) is 10.6 Å². The highest BCUT2D eigenvalue weighted by Gasteiger charge is 2.13. The molecule has 0 aliphatic carbocycles. The molecule has 0 spiro atoms. The van der Waals surface area contributed by atoms with Gasteiger partial charge >= 0.3 is 5.97 Å². The standard InChI is InChI=1S/C22H20FN3O4S/c1-26(2)22(29)14-6-8-17(9-7-14)24-19(27)12-30-20(28)11-18-13-31-21(25-18)15-4-3-5-16(23)10-15/h3-10,13H,11-12H2,1-2H3,(H,24,27). The summed E-state index contributed by atoms with van der Waals surface area (Å²) in [7, 11) is 3.31. The van der Waals surface area contributed by atoms with Gasteiger partial charge in [0, 0.05) is 36.3 Å². The van der Waals surface area contributed by atoms with E-state index >= 15 is 0 Å². The second kappa shape index (κ2) is 9.94. The van der Waals surface area contributed by atoms with Crippen LogP contribution in [0.2, 0.25) is 0 Å². The van der Waals surface area contributed by atoms with E-state index in [1.165, 1.54) is 28.4 Å². The Morgan fingerprint density at radius 3 is 2.55 bits per heavy atom. The van der Waals surface area contributed by atoms with Gasteiger partial charge in [-0.15, -0.1) is 11.3 Å². The van der Waals surface area contributed by atoms with Crippen LogP contribution in [-0.4, -0.2) is 48.4 Å². The largest absolute Gasteiger partial charge is 0.455 e. The summed E-state index contributed by atoms with van der Waals surface area (Å²) in [5.74, 6) is -1.61. The quantitative estimate of drug-likeness (QED) is 0.568. The molecule has 1 heterocycles. The Kier molecular flexibility index (Phi) is 7.09. The van der Waals surface area contributed by atoms with Gasteiger partial charge in [0.1, 0.15) is 10.8 Å². The first-order valence-corrected chi connectivity index (χ1v) is 10.2. The first kappa shape index (κ1) is 22.1. The molecule has 3 aromatic rings. The monoisotopic (exact) mass is 441 g/mol. The highest BCUT2D eigenvalue weighted by Crippen LogP contribution is 2.24. The van der Waals surface area contributed by atoms with Crippen molar-refractivity contribution < 1.29 is 23.5 Å². The predicted molar refractivity (Wildman–Crippen MR) is 115 cm³/mol. The second-order valence-corrected chi connectivity index (χ2v) is 7.68. The van der Waals surface area contributed by atoms with Crippen LogP contribution in [0.5, 0.6) is 0 Å². The molecular weight excluding hydrogens is 421 g/mol. The van der Waals surface area contributed by atoms with E-state index in [0.717, 1.165) is 0 Å². The minimum Gasteiger partial charge on any atom is -0.455 e. The highest BCUT2D eigenvalue weighted by atomic mass is 32.1. The molecule has 160 valence electrons. The fraction of sp³-hybridized carbons (Fsp3) is 0.182. The Morgan fingerprint density at radius 1 is 1.13 bits per heavy atom. The van der Waals surface area contributed by atoms with Gasteiger partial charge in [-0.1, -0.05) is 12.1 Å². The van der Waals surface area contributed by atoms with Gasteiger partial charge in [0.15, 0.2) is 6.61 Å². The summed E-state index contributed by atoms with van der Waals surface area (Å²) in [5.41, 5.74) is 2.09. The Morgan fingerprint density at radius 2 is 1.87 bits per heavy atom. The lowest BCUT2D eigenvalue weighted by Crippen LogP contribution is -2.22. The van der Waals surface area contributed by atoms with Gasteiger partial charge < -0.3 is 15.0 Å². The number of hydrogen-bond acceptors (Lipinski definition) is 6. The maximum Gasteiger partial charge on any atom is 0.312 e. The number of ether oxygens (including phenoxy) is 1. The number of nitrogens with one attached hydrogen (secondary N) is 1. The molecule has 0 saturated heterocycles. The maximum atomic E-state index is 13.3. The number of benzene rings is 2. The van der Waals surface area contributed by atoms with Crippen molar-refractivity contribution >= 4 is 34.8 Å². The molecule has 3 rings (SSSR count). The van der Waals surface area contributed by atoms with Gasteiger partial charge in [-0.3, -0.25) is 14.4 Å². The summed E-state index contributed by atoms with van der Waals surface area (Å²) in [5, 5.41) is 4.88. The summed E-state index contributed by atoms with van der Waals surface area (Å²) < 4.78 is 18.3. The van der Waals surface area contributed by atoms with Crippen molar-refractivity contribution in [1.29, 1.82) is 0 Å². The molecule has 1 aromatic heterocycles. The lowest BCUT2D eigenvalue weighted by Gasteiger charge is -2.11. The van der Waals surface area contributed by atoms with Crippen molar-refractivity contribution in [1.82, 2.24) is 9.88 Å². The van der Waals surface area contributed by atoms with Crippen molar-refractivity contribution in [3.63, 3.8) is 0 Å². The van der Waals surface area contributed by atoms with Crippen LogP contribution in [0, 0.1) is 5.82 Å². The number of rotatable bonds is 7. The molecule has 0 aliphatic rings. The van der Waals surface area contributed by atoms with Crippen molar-refractivity contribution in [2.45, 2.75) is 6.42 Å². The highest BCUT2D eigenvalue weighted by molar-refractivity contribution is 7.13. The minimum atomic E-state index is -0.599. The normalized spacial score (nSPS) is 10.4. The lowest BCUT2D eigenvalue weighted by molar-refractivity contribution is -0.146. The number of esters is 1. The fourth-order valence-electron chi connectivity index (χ4n) is 2.64. The molecule has 31 heavy (non-hydrogen) atoms. The molecule has 0 atom stereocenters. The number of aromatic nitrogens is 1. The molecule has 1 N–H and O–H groups in total. The van der Waals surface area contributed by atoms with Gasteiger partial charge in [-0.2, -0.15) is 0 Å². The number of nitrogens with zero attached hydrogens (tertiary/aromatic N) is 2. The molecule has 0 bridgehead atoms. The van der Waals surface area contributed by atoms with Gasteiger partial charge in [-0.25, -0.2) is 9.37 Å². The summed E-state index contributed by atoms with van der Waals surface area (Å²) in [6.45, 7) is -0.446. The van der Waals surface area contributed by atoms with E-state index in [9.17, 15) is 18.8 Å². The molecule has 9 heteroatoms. The smallest absolute Gasteiger partial charge is 0.312 e. The second-order valence-electron chi connectivity index (χ2n) is 6.82. The van der Waals surface area contributed by atoms with Crippen LogP contribution in [0.15, 0.2) is 53.9 Å². The van der Waals surface area contributed by atoms with E-state index in [4.69, 9.17) is 4.74 Å². The lowest BCUT2D eigenvalue weighted by atomic mass is 10.2. The molecule has 2 amide bonds. The van der Waals surface area contributed by atoms with Crippen molar-refractivity contribution in [2.75, 3.05) is 26.0 Å². The average molecular weight is 441 g/mol. The fourth-order valence-corrected chi connectivity index (χ4v) is 3.46. The van der Waals surface area contributed by atoms with Gasteiger partial charge in [-0.05, 0) is 36.4 Å². The number of thiazole rings is 1. The van der Waals surface area contributed by atoms with Crippen LogP contribution >= 0.6 is 11.3 Å². The third kappa shape index (κ3) is 6.19. The van der Waals surface area contributed by atoms with E-state index in [1.54, 1.807) is 55.9 Å². The summed E-state index contributed by atoms with van der Waals surface area (Å²) >= 11 is 1.29. The van der Waals surface area contributed by atoms with E-state index in [0.29, 0.717) is 27.5 Å². The van der Waals surface area contributed by atoms with E-state index in [1.807, 2.05) is 0 Å². The molecule has 2 aromatic carbocycles. The topological polar surface area (TPSA) is 88.6 Å². The summed E-state index contributed by atoms with van der Waals surface area (Å²) in [6.07, 6.45) is -0.0968. The van der Waals surface area contributed by atoms with Gasteiger partial charge in [0.2, 0.25) is 0 Å². The molecule has 0 unspecified atom stereocenters. The predicted octanol–water partition coefficient (Wildman–Crippen LogP) is 3.38. The SMILES string of the molecule is CN(C)C(=O)c1ccc(NC(=O)COC(=O)Cc2csc(-c3cccc(F)c3)n2)cc1. The third-order valence-electron chi connectivity index (χ3n) is 4.13. The van der Waals surface area contributed by atoms with Crippen LogP contribution in [-0.2, 0) is 20.7 Å². The number of carbonyl (C=O) groups is 3. The first-order chi connectivity index (χ1) is 14.8. The first-order valence-electron chi connectivity index (χ1n) is 9.29. The van der Waals surface area contributed by atoms with E-state index < -0.39 is 18.5 Å². The molecule has 0 fully saturated rings. The van der Waals surface area contributed by atoms with E-state index in [2.05, 4.69) is 10.3 Å². The zero-order chi connectivity index (χ0) is 22.4. The number of carbonyl (C=O) groups excluding carboxylic acids is 3. The number of hydrogen-bond donors (Lipinski definition) is 1. The zero-order valence-electron chi connectivity index (χ0n) is 16.9. The Bertz CT molecular complexity index is 1100. The Labute approximate surface area is 182 Å². The van der Waals surface area contributed by atoms with Crippen molar-refractivity contribution in [2.24, 2.45) is 0 Å². The maximum absolute atomic E-state index is 13.3. The molecule has 0 aliphatic heterocycles. The number of halogens is 1. The van der Waals surface area contributed by atoms with Crippen LogP contribution in [0.3, 0.4) is 0 Å². The molecule has 0 saturated carbocycles. The van der Waals surface area contributed by atoms with Crippen molar-refractivity contribution in [3.05, 3.63) is 71.0 Å². The minimum absolute atomic E-state index is 0.0968. The Hall–Kier alpha value is -3.59. The van der Waals surface area contributed by atoms with E-state index in [-0.39, 0.29) is 18.1 Å². The summed E-state index contributed by atoms with van der Waals surface area (Å²) in [6, 6.07) is 12.4. The van der Waals surface area contributed by atoms with Crippen LogP contribution in [0.1, 0.15) is 16.1 Å². The van der Waals surface area contributed by atoms with Gasteiger partial charge in [0.05, 0.1) is 12.1 Å². The van der Waals surface area contributed by atoms with Crippen molar-refractivity contribution in [3.8, 4) is 10.6 Å². The van der Waals surface area contributed by atoms with Crippen LogP contribution in [0.4, 0.5) is 10.1 Å². The molecular formula is C22H20FN3O4S. The molecule has 7 nitrogen and oxygen atoms in total. The number of amides is 2. The number of anilines is 1. The average Bonchev–Trinajstić information content (AvgIpc) is 3.21. The molecule has 0 radical (unpaired) electrons. The third-order valence-corrected chi connectivity index (χ3v) is 5.07. The van der Waals surface area contributed by atoms with Crippen LogP contribution < -0.4 is 5.32 Å². The Balaban J connectivity index is 1.47. The zero-order valence-corrected chi connectivity index (χ0v) is 17.7.